The van der Waals surface area contributed by atoms with Gasteiger partial charge in [-0.3, -0.25) is 0 Å². The van der Waals surface area contributed by atoms with Gasteiger partial charge < -0.3 is 18.4 Å². The monoisotopic (exact) mass is 855 g/mol. The topological polar surface area (TPSA) is 24.5 Å². The molecule has 4 aliphatic rings. The number of benzene rings is 2. The van der Waals surface area contributed by atoms with Gasteiger partial charge in [0.2, 0.25) is 11.1 Å². The Labute approximate surface area is 381 Å². The van der Waals surface area contributed by atoms with Crippen molar-refractivity contribution >= 4 is 12.4 Å². The van der Waals surface area contributed by atoms with Crippen LogP contribution in [0.25, 0.3) is 0 Å². The van der Waals surface area contributed by atoms with E-state index in [1.807, 2.05) is 0 Å². The fourth-order valence-electron chi connectivity index (χ4n) is 13.1. The van der Waals surface area contributed by atoms with E-state index in [0.717, 1.165) is 24.3 Å². The fourth-order valence-corrected chi connectivity index (χ4v) is 13.1. The summed E-state index contributed by atoms with van der Waals surface area (Å²) in [5.74, 6) is 2.44. The Morgan fingerprint density at radius 2 is 1.05 bits per heavy atom. The number of rotatable bonds is 21. The Morgan fingerprint density at radius 1 is 0.581 bits per heavy atom. The third-order valence-corrected chi connectivity index (χ3v) is 16.3. The predicted octanol–water partition coefficient (Wildman–Crippen LogP) is 13.1. The summed E-state index contributed by atoms with van der Waals surface area (Å²) in [6.45, 7) is 43.8. The van der Waals surface area contributed by atoms with Crippen molar-refractivity contribution in [3.05, 3.63) is 58.1 Å². The predicted molar refractivity (Wildman–Crippen MR) is 263 cm³/mol. The first kappa shape index (κ1) is 48.7. The highest BCUT2D eigenvalue weighted by Gasteiger charge is 2.86. The third-order valence-electron chi connectivity index (χ3n) is 16.3. The van der Waals surface area contributed by atoms with Crippen molar-refractivity contribution in [1.82, 2.24) is 0 Å². The number of nitrogens with zero attached hydrogens (tertiary/aromatic N) is 4. The van der Waals surface area contributed by atoms with E-state index in [0.29, 0.717) is 5.92 Å². The van der Waals surface area contributed by atoms with Gasteiger partial charge in [0.25, 0.3) is 0 Å². The van der Waals surface area contributed by atoms with Crippen LogP contribution in [0.4, 0.5) is 0 Å². The van der Waals surface area contributed by atoms with Gasteiger partial charge in [-0.15, -0.1) is 0 Å². The molecule has 62 heavy (non-hydrogen) atoms. The highest BCUT2D eigenvalue weighted by molar-refractivity contribution is 5.84. The maximum atomic E-state index is 7.58. The molecular formula is C56H94N4O2+4. The zero-order valence-corrected chi connectivity index (χ0v) is 42.8. The molecule has 346 valence electrons. The van der Waals surface area contributed by atoms with Gasteiger partial charge in [-0.2, -0.15) is 0 Å². The van der Waals surface area contributed by atoms with E-state index in [4.69, 9.17) is 9.47 Å². The highest BCUT2D eigenvalue weighted by Crippen LogP contribution is 2.56. The molecule has 0 amide bonds. The number of ether oxygens (including phenoxy) is 2. The molecule has 1 spiro atoms. The molecule has 0 aromatic heterocycles. The summed E-state index contributed by atoms with van der Waals surface area (Å²) in [6, 6.07) is 11.0. The molecule has 3 heterocycles. The minimum atomic E-state index is -1.09. The van der Waals surface area contributed by atoms with Crippen molar-refractivity contribution in [2.24, 2.45) is 0 Å². The molecule has 1 saturated heterocycles. The molecule has 1 unspecified atom stereocenters. The molecule has 6 heteroatoms. The van der Waals surface area contributed by atoms with Crippen LogP contribution in [0, 0.1) is 0 Å². The van der Waals surface area contributed by atoms with Crippen molar-refractivity contribution in [3.63, 3.8) is 0 Å². The quantitative estimate of drug-likeness (QED) is 0.0923. The standard InChI is InChI=1S/C56H94N4O2/c1-15-31-59(32-16-2,33-17-3)37-23-25-44(26-24-38-60(34-18-4,35-19-5)36-20-6)45-27-28-50-46(39-45)42-57-54(13)29-21-22-30-55(54,14)58-43-47-40-48(52(7,8)9)41-49(53(10,11)12)51(47)62-56(57,58)61-50/h27-28,39-44H,15-26,29-38H2,1-14H3/q+4/t54-,55-,56?/m0/s1. The summed E-state index contributed by atoms with van der Waals surface area (Å²) in [4.78, 5) is 0. The largest absolute Gasteiger partial charge is 0.705 e. The van der Waals surface area contributed by atoms with Crippen molar-refractivity contribution in [3.8, 4) is 11.5 Å². The van der Waals surface area contributed by atoms with Crippen LogP contribution in [0.2, 0.25) is 0 Å². The second-order valence-electron chi connectivity index (χ2n) is 23.2. The van der Waals surface area contributed by atoms with Crippen LogP contribution >= 0.6 is 0 Å². The molecule has 0 N–H and O–H groups in total. The summed E-state index contributed by atoms with van der Waals surface area (Å²) in [5, 5.41) is 0. The number of quaternary nitrogens is 2. The molecule has 2 fully saturated rings. The van der Waals surface area contributed by atoms with Gasteiger partial charge in [0.05, 0.1) is 63.5 Å². The van der Waals surface area contributed by atoms with E-state index in [1.165, 1.54) is 166 Å². The van der Waals surface area contributed by atoms with E-state index in [-0.39, 0.29) is 21.9 Å². The van der Waals surface area contributed by atoms with Crippen LogP contribution < -0.4 is 9.47 Å². The van der Waals surface area contributed by atoms with Crippen molar-refractivity contribution in [2.75, 3.05) is 52.4 Å². The zero-order chi connectivity index (χ0) is 45.2. The van der Waals surface area contributed by atoms with E-state index in [9.17, 15) is 0 Å². The molecule has 1 saturated carbocycles. The lowest BCUT2D eigenvalue weighted by Gasteiger charge is -2.39. The Kier molecular flexibility index (Phi) is 15.0. The smallest absolute Gasteiger partial charge is 0.341 e. The van der Waals surface area contributed by atoms with E-state index in [2.05, 4.69) is 149 Å². The second-order valence-corrected chi connectivity index (χ2v) is 23.2. The molecular weight excluding hydrogens is 761 g/mol. The minimum Gasteiger partial charge on any atom is -0.341 e. The average Bonchev–Trinajstić information content (AvgIpc) is 3.37. The van der Waals surface area contributed by atoms with Crippen LogP contribution in [0.1, 0.15) is 221 Å². The van der Waals surface area contributed by atoms with Gasteiger partial charge in [0.15, 0.2) is 23.9 Å². The average molecular weight is 855 g/mol. The highest BCUT2D eigenvalue weighted by atomic mass is 16.7. The molecule has 0 radical (unpaired) electrons. The van der Waals surface area contributed by atoms with Crippen molar-refractivity contribution in [2.45, 2.75) is 221 Å². The Hall–Kier alpha value is -2.70. The second kappa shape index (κ2) is 19.0. The first-order valence-corrected chi connectivity index (χ1v) is 26.0. The van der Waals surface area contributed by atoms with Crippen LogP contribution in [0.5, 0.6) is 11.5 Å². The fraction of sp³-hybridized carbons (Fsp3) is 0.750. The van der Waals surface area contributed by atoms with Gasteiger partial charge >= 0.3 is 6.03 Å². The SMILES string of the molecule is CCC[N+](CCC)(CCC)CCCC(CCC[N+](CCC)(CCC)CCC)c1ccc2c(c1)C=[N+]1C3(O2)Oc2c(cc(C(C)(C)C)cc2C(C)(C)C)C=[N+]3[C@@]2(C)CCCC[C@]12C. The maximum Gasteiger partial charge on any atom is 0.705 e. The molecule has 3 atom stereocenters. The lowest BCUT2D eigenvalue weighted by molar-refractivity contribution is -0.928. The number of fused-ring (bicyclic) bond motifs is 5. The first-order chi connectivity index (χ1) is 29.3. The molecule has 2 aromatic carbocycles. The van der Waals surface area contributed by atoms with E-state index >= 15 is 0 Å². The van der Waals surface area contributed by atoms with Crippen LogP contribution in [0.15, 0.2) is 30.3 Å². The third kappa shape index (κ3) is 9.23. The van der Waals surface area contributed by atoms with Crippen LogP contribution in [-0.4, -0.2) is 100 Å². The lowest BCUT2D eigenvalue weighted by atomic mass is 9.69. The molecule has 6 rings (SSSR count). The van der Waals surface area contributed by atoms with Crippen LogP contribution in [0.3, 0.4) is 0 Å². The van der Waals surface area contributed by atoms with Crippen LogP contribution in [-0.2, 0) is 10.8 Å². The van der Waals surface area contributed by atoms with Gasteiger partial charge in [-0.05, 0) is 123 Å². The van der Waals surface area contributed by atoms with E-state index < -0.39 is 6.03 Å². The number of hydrogen-bond acceptors (Lipinski definition) is 2. The van der Waals surface area contributed by atoms with Gasteiger partial charge in [-0.1, -0.05) is 104 Å². The number of hydrogen-bond donors (Lipinski definition) is 0. The van der Waals surface area contributed by atoms with Gasteiger partial charge in [0.1, 0.15) is 0 Å². The molecule has 2 aromatic rings. The molecule has 1 aliphatic carbocycles. The van der Waals surface area contributed by atoms with Gasteiger partial charge in [-0.25, -0.2) is 0 Å². The zero-order valence-electron chi connectivity index (χ0n) is 42.8. The van der Waals surface area contributed by atoms with Crippen molar-refractivity contribution < 1.29 is 27.6 Å². The minimum absolute atomic E-state index is 0.0213. The Balaban J connectivity index is 1.41. The first-order valence-electron chi connectivity index (χ1n) is 26.0. The van der Waals surface area contributed by atoms with Gasteiger partial charge in [0, 0.05) is 32.3 Å². The molecule has 6 nitrogen and oxygen atoms in total. The lowest BCUT2D eigenvalue weighted by Crippen LogP contribution is -2.61. The normalized spacial score (nSPS) is 23.4. The molecule has 3 aliphatic heterocycles. The summed E-state index contributed by atoms with van der Waals surface area (Å²) in [6.07, 6.45) is 22.2. The van der Waals surface area contributed by atoms with E-state index in [1.54, 1.807) is 0 Å². The van der Waals surface area contributed by atoms with Crippen molar-refractivity contribution in [1.29, 1.82) is 0 Å². The maximum absolute atomic E-state index is 7.58. The summed E-state index contributed by atoms with van der Waals surface area (Å²) in [5.41, 5.74) is 6.06. The summed E-state index contributed by atoms with van der Waals surface area (Å²) < 4.78 is 22.7. The Morgan fingerprint density at radius 3 is 1.48 bits per heavy atom. The molecule has 0 bridgehead atoms. The summed E-state index contributed by atoms with van der Waals surface area (Å²) >= 11 is 0. The summed E-state index contributed by atoms with van der Waals surface area (Å²) in [7, 11) is 0. The Bertz CT molecular complexity index is 1850.